The van der Waals surface area contributed by atoms with E-state index in [2.05, 4.69) is 44.8 Å². The van der Waals surface area contributed by atoms with Gasteiger partial charge in [0.1, 0.15) is 12.7 Å². The molecule has 1 heterocycles. The van der Waals surface area contributed by atoms with Crippen molar-refractivity contribution in [3.05, 3.63) is 42.5 Å². The van der Waals surface area contributed by atoms with Crippen LogP contribution in [0, 0.1) is 0 Å². The first kappa shape index (κ1) is 18.4. The van der Waals surface area contributed by atoms with E-state index in [0.717, 1.165) is 31.2 Å². The molecule has 0 aliphatic rings. The average molecular weight is 414 g/mol. The van der Waals surface area contributed by atoms with Gasteiger partial charge in [-0.05, 0) is 24.1 Å². The first-order valence-electron chi connectivity index (χ1n) is 7.22. The number of guanidine groups is 1. The number of unbranched alkanes of at least 4 members (excludes halogenated alkanes) is 1. The molecule has 22 heavy (non-hydrogen) atoms. The van der Waals surface area contributed by atoms with Crippen molar-refractivity contribution >= 4 is 29.9 Å². The quantitative estimate of drug-likeness (QED) is 0.330. The molecule has 0 saturated carbocycles. The van der Waals surface area contributed by atoms with Gasteiger partial charge in [-0.1, -0.05) is 25.5 Å². The third kappa shape index (κ3) is 5.63. The van der Waals surface area contributed by atoms with Gasteiger partial charge in [0.15, 0.2) is 5.96 Å². The Labute approximate surface area is 148 Å². The van der Waals surface area contributed by atoms with Crippen LogP contribution in [0.15, 0.2) is 41.9 Å². The van der Waals surface area contributed by atoms with Crippen LogP contribution in [0.25, 0.3) is 5.69 Å². The average Bonchev–Trinajstić information content (AvgIpc) is 3.06. The van der Waals surface area contributed by atoms with Crippen LogP contribution >= 0.6 is 24.0 Å². The maximum Gasteiger partial charge on any atom is 0.191 e. The summed E-state index contributed by atoms with van der Waals surface area (Å²) in [5.41, 5.74) is 2.19. The molecule has 120 valence electrons. The molecule has 6 nitrogen and oxygen atoms in total. The predicted octanol–water partition coefficient (Wildman–Crippen LogP) is 2.35. The molecule has 0 bridgehead atoms. The van der Waals surface area contributed by atoms with Crippen molar-refractivity contribution in [3.63, 3.8) is 0 Å². The Balaban J connectivity index is 0.00000242. The Bertz CT molecular complexity index is 550. The lowest BCUT2D eigenvalue weighted by Crippen LogP contribution is -2.37. The number of hydrogen-bond donors (Lipinski definition) is 2. The largest absolute Gasteiger partial charge is 0.356 e. The minimum atomic E-state index is 0. The third-order valence-corrected chi connectivity index (χ3v) is 3.13. The zero-order chi connectivity index (χ0) is 14.9. The van der Waals surface area contributed by atoms with E-state index in [4.69, 9.17) is 0 Å². The molecule has 0 amide bonds. The summed E-state index contributed by atoms with van der Waals surface area (Å²) < 4.78 is 1.74. The minimum absolute atomic E-state index is 0. The van der Waals surface area contributed by atoms with Crippen LogP contribution in [0.1, 0.15) is 25.3 Å². The highest BCUT2D eigenvalue weighted by atomic mass is 127. The van der Waals surface area contributed by atoms with Gasteiger partial charge in [0.2, 0.25) is 0 Å². The molecular formula is C15H23IN6. The number of nitrogens with zero attached hydrogens (tertiary/aromatic N) is 4. The maximum atomic E-state index is 4.21. The van der Waals surface area contributed by atoms with Gasteiger partial charge in [-0.2, -0.15) is 5.10 Å². The Morgan fingerprint density at radius 3 is 2.59 bits per heavy atom. The molecule has 2 aromatic rings. The van der Waals surface area contributed by atoms with Gasteiger partial charge in [-0.15, -0.1) is 24.0 Å². The number of benzene rings is 1. The smallest absolute Gasteiger partial charge is 0.191 e. The zero-order valence-corrected chi connectivity index (χ0v) is 15.3. The van der Waals surface area contributed by atoms with Gasteiger partial charge >= 0.3 is 0 Å². The first-order valence-corrected chi connectivity index (χ1v) is 7.22. The lowest BCUT2D eigenvalue weighted by atomic mass is 10.2. The molecular weight excluding hydrogens is 391 g/mol. The molecule has 0 spiro atoms. The molecule has 0 aliphatic carbocycles. The molecule has 2 rings (SSSR count). The fourth-order valence-corrected chi connectivity index (χ4v) is 1.90. The van der Waals surface area contributed by atoms with Gasteiger partial charge in [0.25, 0.3) is 0 Å². The van der Waals surface area contributed by atoms with Gasteiger partial charge in [-0.3, -0.25) is 4.99 Å². The number of hydrogen-bond acceptors (Lipinski definition) is 3. The van der Waals surface area contributed by atoms with E-state index in [9.17, 15) is 0 Å². The number of aromatic nitrogens is 3. The van der Waals surface area contributed by atoms with Crippen molar-refractivity contribution in [2.45, 2.75) is 26.3 Å². The van der Waals surface area contributed by atoms with Crippen LogP contribution < -0.4 is 10.6 Å². The van der Waals surface area contributed by atoms with Crippen LogP contribution in [0.3, 0.4) is 0 Å². The van der Waals surface area contributed by atoms with E-state index in [0.29, 0.717) is 0 Å². The van der Waals surface area contributed by atoms with Gasteiger partial charge in [0, 0.05) is 20.1 Å². The summed E-state index contributed by atoms with van der Waals surface area (Å²) in [4.78, 5) is 8.15. The zero-order valence-electron chi connectivity index (χ0n) is 13.0. The second-order valence-electron chi connectivity index (χ2n) is 4.71. The van der Waals surface area contributed by atoms with Crippen molar-refractivity contribution in [2.24, 2.45) is 4.99 Å². The molecule has 0 unspecified atom stereocenters. The highest BCUT2D eigenvalue weighted by Gasteiger charge is 2.00. The summed E-state index contributed by atoms with van der Waals surface area (Å²) in [6, 6.07) is 8.20. The Morgan fingerprint density at radius 2 is 2.00 bits per heavy atom. The normalized spacial score (nSPS) is 10.9. The highest BCUT2D eigenvalue weighted by molar-refractivity contribution is 14.0. The molecule has 1 aromatic carbocycles. The summed E-state index contributed by atoms with van der Waals surface area (Å²) >= 11 is 0. The first-order chi connectivity index (χ1) is 10.3. The monoisotopic (exact) mass is 414 g/mol. The van der Waals surface area contributed by atoms with Crippen molar-refractivity contribution < 1.29 is 0 Å². The second kappa shape index (κ2) is 10.1. The molecule has 0 radical (unpaired) electrons. The van der Waals surface area contributed by atoms with E-state index in [1.165, 1.54) is 18.3 Å². The molecule has 0 aliphatic heterocycles. The van der Waals surface area contributed by atoms with Gasteiger partial charge in [0.05, 0.1) is 5.69 Å². The molecule has 0 fully saturated rings. The number of aliphatic imine (C=N–C) groups is 1. The summed E-state index contributed by atoms with van der Waals surface area (Å²) in [5, 5.41) is 10.7. The van der Waals surface area contributed by atoms with Crippen molar-refractivity contribution in [2.75, 3.05) is 13.6 Å². The highest BCUT2D eigenvalue weighted by Crippen LogP contribution is 2.07. The number of nitrogens with one attached hydrogen (secondary N) is 2. The fourth-order valence-electron chi connectivity index (χ4n) is 1.90. The molecule has 1 aromatic heterocycles. The summed E-state index contributed by atoms with van der Waals surface area (Å²) in [7, 11) is 1.79. The van der Waals surface area contributed by atoms with Crippen LogP contribution in [-0.2, 0) is 6.54 Å². The van der Waals surface area contributed by atoms with Crippen molar-refractivity contribution in [1.29, 1.82) is 0 Å². The summed E-state index contributed by atoms with van der Waals surface area (Å²) in [5.74, 6) is 0.837. The van der Waals surface area contributed by atoms with Crippen LogP contribution in [-0.4, -0.2) is 34.3 Å². The lowest BCUT2D eigenvalue weighted by Gasteiger charge is -2.11. The van der Waals surface area contributed by atoms with E-state index in [1.54, 1.807) is 18.1 Å². The molecule has 7 heteroatoms. The molecule has 0 saturated heterocycles. The fraction of sp³-hybridized carbons (Fsp3) is 0.400. The van der Waals surface area contributed by atoms with Crippen LogP contribution in [0.2, 0.25) is 0 Å². The molecule has 2 N–H and O–H groups in total. The Morgan fingerprint density at radius 1 is 1.23 bits per heavy atom. The third-order valence-electron chi connectivity index (χ3n) is 3.13. The van der Waals surface area contributed by atoms with E-state index in [1.807, 2.05) is 12.1 Å². The predicted molar refractivity (Wildman–Crippen MR) is 99.9 cm³/mol. The number of halogens is 1. The topological polar surface area (TPSA) is 67.1 Å². The van der Waals surface area contributed by atoms with Gasteiger partial charge in [-0.25, -0.2) is 9.67 Å². The van der Waals surface area contributed by atoms with E-state index in [-0.39, 0.29) is 24.0 Å². The van der Waals surface area contributed by atoms with E-state index < -0.39 is 0 Å². The van der Waals surface area contributed by atoms with Crippen LogP contribution in [0.5, 0.6) is 0 Å². The van der Waals surface area contributed by atoms with Gasteiger partial charge < -0.3 is 10.6 Å². The standard InChI is InChI=1S/C15H22N6.HI/c1-3-4-9-18-15(16-2)19-10-13-5-7-14(8-6-13)21-12-17-11-20-21;/h5-8,11-12H,3-4,9-10H2,1-2H3,(H2,16,18,19);1H. The van der Waals surface area contributed by atoms with Crippen molar-refractivity contribution in [3.8, 4) is 5.69 Å². The van der Waals surface area contributed by atoms with E-state index >= 15 is 0 Å². The Kier molecular flexibility index (Phi) is 8.49. The molecule has 0 atom stereocenters. The maximum absolute atomic E-state index is 4.21. The Hall–Kier alpha value is -1.64. The number of rotatable bonds is 6. The minimum Gasteiger partial charge on any atom is -0.356 e. The summed E-state index contributed by atoms with van der Waals surface area (Å²) in [6.07, 6.45) is 5.54. The SMILES string of the molecule is CCCCNC(=NC)NCc1ccc(-n2cncn2)cc1.I. The van der Waals surface area contributed by atoms with Crippen LogP contribution in [0.4, 0.5) is 0 Å². The lowest BCUT2D eigenvalue weighted by molar-refractivity contribution is 0.728. The van der Waals surface area contributed by atoms with Crippen molar-refractivity contribution in [1.82, 2.24) is 25.4 Å². The summed E-state index contributed by atoms with van der Waals surface area (Å²) in [6.45, 7) is 3.86. The second-order valence-corrected chi connectivity index (χ2v) is 4.71.